The molecule has 4 aromatic carbocycles. The highest BCUT2D eigenvalue weighted by Crippen LogP contribution is 2.35. The number of hydrogen-bond acceptors (Lipinski definition) is 6. The smallest absolute Gasteiger partial charge is 0.293 e. The second kappa shape index (κ2) is 12.0. The SMILES string of the molecule is CCOc1cc(/C=C2\SC(=O)N(CCOc3ccc(F)cc3)C2=O)ccc1OCc1ccc2ccccc2c1. The third-order valence-corrected chi connectivity index (χ3v) is 6.95. The van der Waals surface area contributed by atoms with Gasteiger partial charge in [-0.2, -0.15) is 0 Å². The second-order valence-corrected chi connectivity index (χ2v) is 9.74. The summed E-state index contributed by atoms with van der Waals surface area (Å²) < 4.78 is 30.5. The Morgan fingerprint density at radius 1 is 0.846 bits per heavy atom. The minimum Gasteiger partial charge on any atom is -0.492 e. The lowest BCUT2D eigenvalue weighted by Gasteiger charge is -2.14. The normalized spacial score (nSPS) is 14.3. The molecule has 198 valence electrons. The van der Waals surface area contributed by atoms with Crippen LogP contribution in [0, 0.1) is 5.82 Å². The third-order valence-electron chi connectivity index (χ3n) is 6.04. The minimum atomic E-state index is -0.387. The Hall–Kier alpha value is -4.30. The van der Waals surface area contributed by atoms with Crippen molar-refractivity contribution >= 4 is 39.8 Å². The predicted molar refractivity (Wildman–Crippen MR) is 150 cm³/mol. The molecule has 0 unspecified atom stereocenters. The molecule has 1 saturated heterocycles. The molecule has 0 aliphatic carbocycles. The molecular weight excluding hydrogens is 517 g/mol. The Labute approximate surface area is 230 Å². The van der Waals surface area contributed by atoms with E-state index in [1.807, 2.05) is 31.2 Å². The number of rotatable bonds is 10. The molecule has 39 heavy (non-hydrogen) atoms. The lowest BCUT2D eigenvalue weighted by atomic mass is 10.1. The zero-order chi connectivity index (χ0) is 27.2. The van der Waals surface area contributed by atoms with Gasteiger partial charge >= 0.3 is 0 Å². The van der Waals surface area contributed by atoms with E-state index in [-0.39, 0.29) is 30.1 Å². The van der Waals surface area contributed by atoms with Gasteiger partial charge in [0.2, 0.25) is 0 Å². The molecule has 5 rings (SSSR count). The fourth-order valence-electron chi connectivity index (χ4n) is 4.12. The van der Waals surface area contributed by atoms with Gasteiger partial charge in [0.1, 0.15) is 24.8 Å². The summed E-state index contributed by atoms with van der Waals surface area (Å²) in [6.07, 6.45) is 1.67. The maximum absolute atomic E-state index is 13.0. The summed E-state index contributed by atoms with van der Waals surface area (Å²) in [6.45, 7) is 2.91. The van der Waals surface area contributed by atoms with Crippen LogP contribution in [-0.2, 0) is 11.4 Å². The number of imide groups is 1. The molecule has 0 aromatic heterocycles. The summed E-state index contributed by atoms with van der Waals surface area (Å²) in [4.78, 5) is 26.8. The van der Waals surface area contributed by atoms with Crippen LogP contribution in [0.25, 0.3) is 16.8 Å². The van der Waals surface area contributed by atoms with E-state index in [1.54, 1.807) is 18.2 Å². The molecule has 0 bridgehead atoms. The van der Waals surface area contributed by atoms with Gasteiger partial charge in [0.25, 0.3) is 11.1 Å². The third kappa shape index (κ3) is 6.41. The highest BCUT2D eigenvalue weighted by atomic mass is 32.2. The first-order valence-corrected chi connectivity index (χ1v) is 13.3. The van der Waals surface area contributed by atoms with E-state index in [2.05, 4.69) is 24.3 Å². The second-order valence-electron chi connectivity index (χ2n) is 8.75. The Morgan fingerprint density at radius 2 is 1.64 bits per heavy atom. The summed E-state index contributed by atoms with van der Waals surface area (Å²) >= 11 is 0.878. The van der Waals surface area contributed by atoms with Crippen molar-refractivity contribution in [3.63, 3.8) is 0 Å². The summed E-state index contributed by atoms with van der Waals surface area (Å²) in [5.41, 5.74) is 1.75. The molecule has 8 heteroatoms. The molecule has 0 atom stereocenters. The van der Waals surface area contributed by atoms with Gasteiger partial charge in [-0.1, -0.05) is 42.5 Å². The number of carbonyl (C=O) groups is 2. The van der Waals surface area contributed by atoms with Crippen LogP contribution in [0.4, 0.5) is 9.18 Å². The molecule has 6 nitrogen and oxygen atoms in total. The largest absolute Gasteiger partial charge is 0.492 e. The van der Waals surface area contributed by atoms with Gasteiger partial charge in [-0.05, 0) is 89.1 Å². The fraction of sp³-hybridized carbons (Fsp3) is 0.161. The van der Waals surface area contributed by atoms with Crippen LogP contribution in [-0.4, -0.2) is 35.8 Å². The van der Waals surface area contributed by atoms with E-state index in [0.29, 0.717) is 40.9 Å². The number of benzene rings is 4. The maximum atomic E-state index is 13.0. The Kier molecular flexibility index (Phi) is 8.13. The van der Waals surface area contributed by atoms with Crippen molar-refractivity contribution in [3.8, 4) is 17.2 Å². The molecule has 1 heterocycles. The minimum absolute atomic E-state index is 0.0884. The molecule has 0 N–H and O–H groups in total. The Balaban J connectivity index is 1.24. The van der Waals surface area contributed by atoms with Crippen LogP contribution in [0.15, 0.2) is 89.8 Å². The van der Waals surface area contributed by atoms with E-state index >= 15 is 0 Å². The van der Waals surface area contributed by atoms with Gasteiger partial charge in [-0.15, -0.1) is 0 Å². The van der Waals surface area contributed by atoms with Crippen LogP contribution in [0.3, 0.4) is 0 Å². The van der Waals surface area contributed by atoms with Crippen molar-refractivity contribution < 1.29 is 28.2 Å². The molecular formula is C31H26FNO5S. The van der Waals surface area contributed by atoms with Crippen molar-refractivity contribution in [3.05, 3.63) is 107 Å². The summed E-state index contributed by atoms with van der Waals surface area (Å²) in [5, 5.41) is 1.95. The quantitative estimate of drug-likeness (QED) is 0.199. The molecule has 2 amide bonds. The van der Waals surface area contributed by atoms with Crippen LogP contribution in [0.1, 0.15) is 18.1 Å². The highest BCUT2D eigenvalue weighted by molar-refractivity contribution is 8.18. The average molecular weight is 544 g/mol. The lowest BCUT2D eigenvalue weighted by Crippen LogP contribution is -2.32. The van der Waals surface area contributed by atoms with Gasteiger partial charge in [-0.3, -0.25) is 14.5 Å². The van der Waals surface area contributed by atoms with Gasteiger partial charge in [-0.25, -0.2) is 4.39 Å². The van der Waals surface area contributed by atoms with E-state index < -0.39 is 0 Å². The number of fused-ring (bicyclic) bond motifs is 1. The van der Waals surface area contributed by atoms with E-state index in [4.69, 9.17) is 14.2 Å². The van der Waals surface area contributed by atoms with Crippen LogP contribution in [0.2, 0.25) is 0 Å². The summed E-state index contributed by atoms with van der Waals surface area (Å²) in [7, 11) is 0. The van der Waals surface area contributed by atoms with Crippen LogP contribution in [0.5, 0.6) is 17.2 Å². The topological polar surface area (TPSA) is 65.1 Å². The molecule has 0 radical (unpaired) electrons. The van der Waals surface area contributed by atoms with Gasteiger partial charge in [0.05, 0.1) is 18.1 Å². The van der Waals surface area contributed by atoms with E-state index in [1.165, 1.54) is 29.7 Å². The first kappa shape index (κ1) is 26.3. The van der Waals surface area contributed by atoms with Crippen LogP contribution < -0.4 is 14.2 Å². The van der Waals surface area contributed by atoms with Crippen molar-refractivity contribution in [2.75, 3.05) is 19.8 Å². The maximum Gasteiger partial charge on any atom is 0.293 e. The lowest BCUT2D eigenvalue weighted by molar-refractivity contribution is -0.123. The number of amides is 2. The van der Waals surface area contributed by atoms with Crippen molar-refractivity contribution in [1.82, 2.24) is 4.90 Å². The van der Waals surface area contributed by atoms with Gasteiger partial charge < -0.3 is 14.2 Å². The van der Waals surface area contributed by atoms with Gasteiger partial charge in [0, 0.05) is 0 Å². The molecule has 1 fully saturated rings. The number of nitrogens with zero attached hydrogens (tertiary/aromatic N) is 1. The molecule has 1 aliphatic rings. The fourth-order valence-corrected chi connectivity index (χ4v) is 4.99. The van der Waals surface area contributed by atoms with Crippen molar-refractivity contribution in [1.29, 1.82) is 0 Å². The number of halogens is 1. The number of hydrogen-bond donors (Lipinski definition) is 0. The molecule has 4 aromatic rings. The zero-order valence-electron chi connectivity index (χ0n) is 21.3. The standard InChI is InChI=1S/C31H26FNO5S/c1-2-36-28-18-21(8-14-27(28)38-20-22-7-9-23-5-3-4-6-24(23)17-22)19-29-30(34)33(31(35)39-29)15-16-37-26-12-10-25(32)11-13-26/h3-14,17-19H,2,15-16,20H2,1H3/b29-19-. The molecule has 0 spiro atoms. The Bertz CT molecular complexity index is 1540. The number of thioether (sulfide) groups is 1. The first-order valence-electron chi connectivity index (χ1n) is 12.5. The van der Waals surface area contributed by atoms with E-state index in [0.717, 1.165) is 27.6 Å². The van der Waals surface area contributed by atoms with Crippen molar-refractivity contribution in [2.24, 2.45) is 0 Å². The predicted octanol–water partition coefficient (Wildman–Crippen LogP) is 7.07. The Morgan fingerprint density at radius 3 is 2.44 bits per heavy atom. The number of ether oxygens (including phenoxy) is 3. The monoisotopic (exact) mass is 543 g/mol. The average Bonchev–Trinajstić information content (AvgIpc) is 3.21. The van der Waals surface area contributed by atoms with Crippen molar-refractivity contribution in [2.45, 2.75) is 13.5 Å². The van der Waals surface area contributed by atoms with E-state index in [9.17, 15) is 14.0 Å². The van der Waals surface area contributed by atoms with Crippen LogP contribution >= 0.6 is 11.8 Å². The summed E-state index contributed by atoms with van der Waals surface area (Å²) in [5.74, 6) is 0.857. The molecule has 0 saturated carbocycles. The zero-order valence-corrected chi connectivity index (χ0v) is 22.1. The molecule has 1 aliphatic heterocycles. The summed E-state index contributed by atoms with van der Waals surface area (Å²) in [6, 6.07) is 25.4. The van der Waals surface area contributed by atoms with Gasteiger partial charge in [0.15, 0.2) is 11.5 Å². The first-order chi connectivity index (χ1) is 19.0. The highest BCUT2D eigenvalue weighted by Gasteiger charge is 2.34. The number of carbonyl (C=O) groups excluding carboxylic acids is 2.